The van der Waals surface area contributed by atoms with Gasteiger partial charge in [-0.1, -0.05) is 67.0 Å². The lowest BCUT2D eigenvalue weighted by molar-refractivity contribution is 0.318. The van der Waals surface area contributed by atoms with Crippen LogP contribution < -0.4 is 0 Å². The van der Waals surface area contributed by atoms with Crippen molar-refractivity contribution < 1.29 is 5.11 Å². The van der Waals surface area contributed by atoms with Crippen LogP contribution in [0.2, 0.25) is 0 Å². The minimum atomic E-state index is -0.0271. The molecule has 0 spiro atoms. The van der Waals surface area contributed by atoms with Crippen LogP contribution in [-0.4, -0.2) is 5.11 Å². The van der Waals surface area contributed by atoms with Gasteiger partial charge in [0.2, 0.25) is 0 Å². The number of aromatic hydroxyl groups is 1. The highest BCUT2D eigenvalue weighted by molar-refractivity contribution is 5.50. The van der Waals surface area contributed by atoms with E-state index in [1.807, 2.05) is 0 Å². The second-order valence-corrected chi connectivity index (χ2v) is 9.59. The Hall–Kier alpha value is -0.980. The normalized spacial score (nSPS) is 23.1. The molecule has 0 saturated heterocycles. The first-order valence-electron chi connectivity index (χ1n) is 9.42. The molecule has 1 N–H and O–H groups in total. The third-order valence-electron chi connectivity index (χ3n) is 5.64. The summed E-state index contributed by atoms with van der Waals surface area (Å²) < 4.78 is 0. The fourth-order valence-electron chi connectivity index (χ4n) is 3.94. The van der Waals surface area contributed by atoms with Gasteiger partial charge in [-0.15, -0.1) is 0 Å². The number of phenols is 1. The second kappa shape index (κ2) is 6.49. The lowest BCUT2D eigenvalue weighted by Crippen LogP contribution is -2.19. The van der Waals surface area contributed by atoms with Crippen LogP contribution in [0.3, 0.4) is 0 Å². The molecule has 1 aliphatic rings. The van der Waals surface area contributed by atoms with Gasteiger partial charge in [-0.3, -0.25) is 0 Å². The number of hydrogen-bond acceptors (Lipinski definition) is 1. The van der Waals surface area contributed by atoms with Crippen molar-refractivity contribution in [3.05, 3.63) is 28.8 Å². The first-order valence-corrected chi connectivity index (χ1v) is 9.42. The third-order valence-corrected chi connectivity index (χ3v) is 5.64. The predicted octanol–water partition coefficient (Wildman–Crippen LogP) is 6.67. The molecular weight excluding hydrogens is 280 g/mol. The Balaban J connectivity index is 2.44. The second-order valence-electron chi connectivity index (χ2n) is 9.59. The van der Waals surface area contributed by atoms with E-state index in [2.05, 4.69) is 60.6 Å². The molecule has 130 valence electrons. The van der Waals surface area contributed by atoms with E-state index >= 15 is 0 Å². The van der Waals surface area contributed by atoms with E-state index in [4.69, 9.17) is 0 Å². The molecule has 0 unspecified atom stereocenters. The Bertz CT molecular complexity index is 499. The Morgan fingerprint density at radius 2 is 1.30 bits per heavy atom. The summed E-state index contributed by atoms with van der Waals surface area (Å²) in [5, 5.41) is 10.9. The zero-order chi connectivity index (χ0) is 17.4. The quantitative estimate of drug-likeness (QED) is 0.646. The molecule has 1 saturated carbocycles. The van der Waals surface area contributed by atoms with Gasteiger partial charge >= 0.3 is 0 Å². The molecule has 0 aliphatic heterocycles. The third kappa shape index (κ3) is 4.11. The van der Waals surface area contributed by atoms with Crippen LogP contribution in [0.15, 0.2) is 12.1 Å². The summed E-state index contributed by atoms with van der Waals surface area (Å²) in [5.41, 5.74) is 3.61. The highest BCUT2D eigenvalue weighted by Crippen LogP contribution is 2.44. The summed E-state index contributed by atoms with van der Waals surface area (Å²) in [6.07, 6.45) is 6.64. The van der Waals surface area contributed by atoms with Crippen LogP contribution >= 0.6 is 0 Å². The number of benzene rings is 1. The molecule has 23 heavy (non-hydrogen) atoms. The van der Waals surface area contributed by atoms with Gasteiger partial charge in [-0.25, -0.2) is 0 Å². The Labute approximate surface area is 143 Å². The molecule has 1 aliphatic carbocycles. The fraction of sp³-hybridized carbons (Fsp3) is 0.727. The molecule has 0 heterocycles. The van der Waals surface area contributed by atoms with E-state index in [0.29, 0.717) is 11.7 Å². The van der Waals surface area contributed by atoms with Crippen LogP contribution in [0.4, 0.5) is 0 Å². The van der Waals surface area contributed by atoms with Gasteiger partial charge in [0.05, 0.1) is 0 Å². The van der Waals surface area contributed by atoms with Gasteiger partial charge < -0.3 is 5.11 Å². The summed E-state index contributed by atoms with van der Waals surface area (Å²) >= 11 is 0. The van der Waals surface area contributed by atoms with Gasteiger partial charge in [-0.05, 0) is 65.0 Å². The minimum Gasteiger partial charge on any atom is -0.507 e. The summed E-state index contributed by atoms with van der Waals surface area (Å²) in [5.74, 6) is 2.10. The first-order chi connectivity index (χ1) is 10.5. The van der Waals surface area contributed by atoms with Crippen molar-refractivity contribution in [3.63, 3.8) is 0 Å². The SMILES string of the molecule is CCC1CCC(c2cc(C(C)(C)C)c(O)c(C(C)(C)C)c2)CC1. The molecule has 1 aromatic carbocycles. The number of hydrogen-bond donors (Lipinski definition) is 1. The smallest absolute Gasteiger partial charge is 0.123 e. The van der Waals surface area contributed by atoms with Crippen LogP contribution in [0, 0.1) is 5.92 Å². The van der Waals surface area contributed by atoms with Gasteiger partial charge in [0.25, 0.3) is 0 Å². The zero-order valence-electron chi connectivity index (χ0n) is 16.3. The maximum Gasteiger partial charge on any atom is 0.123 e. The van der Waals surface area contributed by atoms with E-state index in [1.54, 1.807) is 0 Å². The number of phenolic OH excluding ortho intramolecular Hbond substituents is 1. The van der Waals surface area contributed by atoms with Gasteiger partial charge in [0, 0.05) is 0 Å². The lowest BCUT2D eigenvalue weighted by Gasteiger charge is -2.32. The molecule has 0 amide bonds. The van der Waals surface area contributed by atoms with Crippen molar-refractivity contribution in [2.24, 2.45) is 5.92 Å². The van der Waals surface area contributed by atoms with Crippen molar-refractivity contribution >= 4 is 0 Å². The summed E-state index contributed by atoms with van der Waals surface area (Å²) in [6, 6.07) is 4.59. The minimum absolute atomic E-state index is 0.0271. The molecular formula is C22H36O. The largest absolute Gasteiger partial charge is 0.507 e. The molecule has 0 bridgehead atoms. The summed E-state index contributed by atoms with van der Waals surface area (Å²) in [6.45, 7) is 15.5. The van der Waals surface area contributed by atoms with E-state index in [0.717, 1.165) is 17.0 Å². The molecule has 1 heteroatoms. The van der Waals surface area contributed by atoms with Gasteiger partial charge in [-0.2, -0.15) is 0 Å². The van der Waals surface area contributed by atoms with Crippen LogP contribution in [0.1, 0.15) is 103 Å². The topological polar surface area (TPSA) is 20.2 Å². The maximum atomic E-state index is 10.9. The predicted molar refractivity (Wildman–Crippen MR) is 100 cm³/mol. The first kappa shape index (κ1) is 18.4. The lowest BCUT2D eigenvalue weighted by atomic mass is 9.73. The molecule has 0 radical (unpaired) electrons. The zero-order valence-corrected chi connectivity index (χ0v) is 16.3. The van der Waals surface area contributed by atoms with E-state index in [-0.39, 0.29) is 10.8 Å². The highest BCUT2D eigenvalue weighted by atomic mass is 16.3. The fourth-order valence-corrected chi connectivity index (χ4v) is 3.94. The van der Waals surface area contributed by atoms with E-state index in [9.17, 15) is 5.11 Å². The monoisotopic (exact) mass is 316 g/mol. The molecule has 2 rings (SSSR count). The van der Waals surface area contributed by atoms with Gasteiger partial charge in [0.1, 0.15) is 5.75 Å². The van der Waals surface area contributed by atoms with E-state index in [1.165, 1.54) is 37.7 Å². The van der Waals surface area contributed by atoms with Crippen molar-refractivity contribution in [2.75, 3.05) is 0 Å². The summed E-state index contributed by atoms with van der Waals surface area (Å²) in [7, 11) is 0. The maximum absolute atomic E-state index is 10.9. The molecule has 0 aromatic heterocycles. The van der Waals surface area contributed by atoms with Crippen LogP contribution in [0.5, 0.6) is 5.75 Å². The Morgan fingerprint density at radius 1 is 0.870 bits per heavy atom. The Morgan fingerprint density at radius 3 is 1.65 bits per heavy atom. The van der Waals surface area contributed by atoms with Crippen molar-refractivity contribution in [1.29, 1.82) is 0 Å². The Kier molecular flexibility index (Phi) is 5.18. The summed E-state index contributed by atoms with van der Waals surface area (Å²) in [4.78, 5) is 0. The average Bonchev–Trinajstić information content (AvgIpc) is 2.45. The van der Waals surface area contributed by atoms with E-state index < -0.39 is 0 Å². The van der Waals surface area contributed by atoms with Crippen molar-refractivity contribution in [3.8, 4) is 5.75 Å². The standard InChI is InChI=1S/C22H36O/c1-8-15-9-11-16(12-10-15)17-13-18(21(2,3)4)20(23)19(14-17)22(5,6)7/h13-16,23H,8-12H2,1-7H3. The van der Waals surface area contributed by atoms with Gasteiger partial charge in [0.15, 0.2) is 0 Å². The van der Waals surface area contributed by atoms with Crippen molar-refractivity contribution in [2.45, 2.75) is 97.3 Å². The average molecular weight is 317 g/mol. The van der Waals surface area contributed by atoms with Crippen LogP contribution in [-0.2, 0) is 10.8 Å². The number of rotatable bonds is 2. The van der Waals surface area contributed by atoms with Crippen molar-refractivity contribution in [1.82, 2.24) is 0 Å². The molecule has 0 atom stereocenters. The highest BCUT2D eigenvalue weighted by Gasteiger charge is 2.29. The van der Waals surface area contributed by atoms with Crippen LogP contribution in [0.25, 0.3) is 0 Å². The molecule has 1 aromatic rings. The molecule has 1 fully saturated rings. The molecule has 1 nitrogen and oxygen atoms in total.